The number of rotatable bonds is 7. The topological polar surface area (TPSA) is 58.4 Å². The lowest BCUT2D eigenvalue weighted by molar-refractivity contribution is -0.126. The van der Waals surface area contributed by atoms with E-state index in [1.807, 2.05) is 0 Å². The van der Waals surface area contributed by atoms with E-state index in [1.165, 1.54) is 24.3 Å². The van der Waals surface area contributed by atoms with Gasteiger partial charge in [-0.15, -0.1) is 12.4 Å². The fourth-order valence-electron chi connectivity index (χ4n) is 3.83. The zero-order valence-corrected chi connectivity index (χ0v) is 17.1. The fraction of sp³-hybridized carbons (Fsp3) is 0.409. The second kappa shape index (κ2) is 11.2. The first kappa shape index (κ1) is 23.3. The Morgan fingerprint density at radius 1 is 1.07 bits per heavy atom. The van der Waals surface area contributed by atoms with E-state index in [2.05, 4.69) is 10.2 Å². The van der Waals surface area contributed by atoms with Crippen LogP contribution in [0.15, 0.2) is 48.5 Å². The number of nitrogens with zero attached hydrogens (tertiary/aromatic N) is 1. The third-order valence-electron chi connectivity index (χ3n) is 5.31. The van der Waals surface area contributed by atoms with E-state index in [1.54, 1.807) is 24.3 Å². The largest absolute Gasteiger partial charge is 0.355 e. The number of benzene rings is 2. The molecule has 1 saturated heterocycles. The summed E-state index contributed by atoms with van der Waals surface area (Å²) in [6, 6.07) is 12.9. The molecule has 1 aliphatic rings. The van der Waals surface area contributed by atoms with Gasteiger partial charge in [-0.1, -0.05) is 24.3 Å². The number of carbonyl (C=O) groups is 1. The first-order valence-electron chi connectivity index (χ1n) is 9.78. The zero-order chi connectivity index (χ0) is 19.9. The van der Waals surface area contributed by atoms with Crippen LogP contribution in [0.5, 0.6) is 0 Å². The van der Waals surface area contributed by atoms with Crippen molar-refractivity contribution in [3.63, 3.8) is 0 Å². The molecular formula is C22H28ClF2N3O. The lowest BCUT2D eigenvalue weighted by atomic mass is 9.89. The highest BCUT2D eigenvalue weighted by Gasteiger charge is 2.28. The molecule has 2 aromatic carbocycles. The molecule has 1 atom stereocenters. The SMILES string of the molecule is Cl.NCCNC(=O)C1CCCN(CC(c2ccc(F)cc2)c2ccc(F)cc2)C1. The van der Waals surface area contributed by atoms with Gasteiger partial charge in [0.05, 0.1) is 5.92 Å². The van der Waals surface area contributed by atoms with E-state index >= 15 is 0 Å². The summed E-state index contributed by atoms with van der Waals surface area (Å²) in [6.07, 6.45) is 1.81. The van der Waals surface area contributed by atoms with Crippen molar-refractivity contribution in [2.75, 3.05) is 32.7 Å². The van der Waals surface area contributed by atoms with Gasteiger partial charge in [0, 0.05) is 32.1 Å². The quantitative estimate of drug-likeness (QED) is 0.718. The van der Waals surface area contributed by atoms with E-state index < -0.39 is 0 Å². The Bertz CT molecular complexity index is 725. The summed E-state index contributed by atoms with van der Waals surface area (Å²) in [5, 5.41) is 2.88. The van der Waals surface area contributed by atoms with Gasteiger partial charge in [-0.2, -0.15) is 0 Å². The molecule has 1 aliphatic heterocycles. The minimum absolute atomic E-state index is 0. The van der Waals surface area contributed by atoms with Crippen LogP contribution in [-0.2, 0) is 4.79 Å². The van der Waals surface area contributed by atoms with Crippen LogP contribution in [0.2, 0.25) is 0 Å². The summed E-state index contributed by atoms with van der Waals surface area (Å²) in [5.41, 5.74) is 7.42. The average molecular weight is 424 g/mol. The second-order valence-electron chi connectivity index (χ2n) is 7.33. The molecule has 0 bridgehead atoms. The normalized spacial score (nSPS) is 17.0. The molecule has 0 aromatic heterocycles. The van der Waals surface area contributed by atoms with Crippen LogP contribution in [0.3, 0.4) is 0 Å². The lowest BCUT2D eigenvalue weighted by Crippen LogP contribution is -2.45. The summed E-state index contributed by atoms with van der Waals surface area (Å²) in [4.78, 5) is 14.6. The summed E-state index contributed by atoms with van der Waals surface area (Å²) >= 11 is 0. The monoisotopic (exact) mass is 423 g/mol. The van der Waals surface area contributed by atoms with Crippen molar-refractivity contribution >= 4 is 18.3 Å². The van der Waals surface area contributed by atoms with Gasteiger partial charge in [-0.3, -0.25) is 4.79 Å². The smallest absolute Gasteiger partial charge is 0.224 e. The molecule has 7 heteroatoms. The highest BCUT2D eigenvalue weighted by molar-refractivity contribution is 5.85. The summed E-state index contributed by atoms with van der Waals surface area (Å²) in [5.74, 6) is -0.586. The van der Waals surface area contributed by atoms with Gasteiger partial charge in [0.1, 0.15) is 11.6 Å². The molecular weight excluding hydrogens is 396 g/mol. The third-order valence-corrected chi connectivity index (χ3v) is 5.31. The predicted molar refractivity (Wildman–Crippen MR) is 113 cm³/mol. The minimum Gasteiger partial charge on any atom is -0.355 e. The number of likely N-dealkylation sites (tertiary alicyclic amines) is 1. The number of hydrogen-bond acceptors (Lipinski definition) is 3. The van der Waals surface area contributed by atoms with Crippen molar-refractivity contribution in [3.8, 4) is 0 Å². The van der Waals surface area contributed by atoms with Gasteiger partial charge in [-0.25, -0.2) is 8.78 Å². The number of nitrogens with two attached hydrogens (primary N) is 1. The Balaban J connectivity index is 0.00000300. The number of halogens is 3. The highest BCUT2D eigenvalue weighted by Crippen LogP contribution is 2.28. The number of piperidine rings is 1. The number of amides is 1. The Morgan fingerprint density at radius 3 is 2.14 bits per heavy atom. The van der Waals surface area contributed by atoms with E-state index in [9.17, 15) is 13.6 Å². The first-order chi connectivity index (χ1) is 13.6. The fourth-order valence-corrected chi connectivity index (χ4v) is 3.83. The van der Waals surface area contributed by atoms with Crippen molar-refractivity contribution in [2.24, 2.45) is 11.7 Å². The van der Waals surface area contributed by atoms with Crippen LogP contribution in [0.25, 0.3) is 0 Å². The average Bonchev–Trinajstić information content (AvgIpc) is 2.72. The Hall–Kier alpha value is -2.02. The molecule has 1 fully saturated rings. The number of carbonyl (C=O) groups excluding carboxylic acids is 1. The predicted octanol–water partition coefficient (Wildman–Crippen LogP) is 3.31. The second-order valence-corrected chi connectivity index (χ2v) is 7.33. The van der Waals surface area contributed by atoms with Crippen LogP contribution in [0, 0.1) is 17.6 Å². The number of hydrogen-bond donors (Lipinski definition) is 2. The Morgan fingerprint density at radius 2 is 1.62 bits per heavy atom. The van der Waals surface area contributed by atoms with E-state index in [-0.39, 0.29) is 41.8 Å². The molecule has 1 unspecified atom stereocenters. The summed E-state index contributed by atoms with van der Waals surface area (Å²) < 4.78 is 26.8. The van der Waals surface area contributed by atoms with Crippen LogP contribution in [0.1, 0.15) is 29.9 Å². The minimum atomic E-state index is -0.281. The molecule has 3 rings (SSSR count). The maximum absolute atomic E-state index is 13.4. The molecule has 0 aliphatic carbocycles. The van der Waals surface area contributed by atoms with Gasteiger partial charge in [-0.05, 0) is 54.8 Å². The zero-order valence-electron chi connectivity index (χ0n) is 16.3. The molecule has 3 N–H and O–H groups in total. The molecule has 158 valence electrons. The van der Waals surface area contributed by atoms with E-state index in [4.69, 9.17) is 5.73 Å². The molecule has 0 spiro atoms. The molecule has 1 heterocycles. The van der Waals surface area contributed by atoms with Crippen LogP contribution >= 0.6 is 12.4 Å². The number of nitrogens with one attached hydrogen (secondary N) is 1. The maximum Gasteiger partial charge on any atom is 0.224 e. The molecule has 4 nitrogen and oxygen atoms in total. The van der Waals surface area contributed by atoms with Crippen LogP contribution in [-0.4, -0.2) is 43.5 Å². The third kappa shape index (κ3) is 6.49. The van der Waals surface area contributed by atoms with Gasteiger partial charge in [0.2, 0.25) is 5.91 Å². The lowest BCUT2D eigenvalue weighted by Gasteiger charge is -2.34. The Kier molecular flexibility index (Phi) is 9.01. The Labute approximate surface area is 176 Å². The summed E-state index contributed by atoms with van der Waals surface area (Å²) in [7, 11) is 0. The standard InChI is InChI=1S/C22H27F2N3O.ClH/c23-19-7-3-16(4-8-19)21(17-5-9-20(24)10-6-17)15-27-13-1-2-18(14-27)22(28)26-12-11-25;/h3-10,18,21H,1-2,11-15,25H2,(H,26,28);1H. The molecule has 2 aromatic rings. The van der Waals surface area contributed by atoms with Gasteiger partial charge < -0.3 is 16.0 Å². The first-order valence-corrected chi connectivity index (χ1v) is 9.78. The van der Waals surface area contributed by atoms with Crippen LogP contribution < -0.4 is 11.1 Å². The highest BCUT2D eigenvalue weighted by atomic mass is 35.5. The molecule has 29 heavy (non-hydrogen) atoms. The van der Waals surface area contributed by atoms with Crippen molar-refractivity contribution < 1.29 is 13.6 Å². The molecule has 1 amide bonds. The maximum atomic E-state index is 13.4. The summed E-state index contributed by atoms with van der Waals surface area (Å²) in [6.45, 7) is 3.19. The van der Waals surface area contributed by atoms with Crippen molar-refractivity contribution in [2.45, 2.75) is 18.8 Å². The van der Waals surface area contributed by atoms with Crippen molar-refractivity contribution in [1.29, 1.82) is 0 Å². The van der Waals surface area contributed by atoms with Crippen molar-refractivity contribution in [1.82, 2.24) is 10.2 Å². The van der Waals surface area contributed by atoms with Crippen LogP contribution in [0.4, 0.5) is 8.78 Å². The van der Waals surface area contributed by atoms with Crippen molar-refractivity contribution in [3.05, 3.63) is 71.3 Å². The van der Waals surface area contributed by atoms with Gasteiger partial charge >= 0.3 is 0 Å². The van der Waals surface area contributed by atoms with E-state index in [0.717, 1.165) is 30.5 Å². The van der Waals surface area contributed by atoms with E-state index in [0.29, 0.717) is 26.2 Å². The molecule has 0 radical (unpaired) electrons. The van der Waals surface area contributed by atoms with Gasteiger partial charge in [0.15, 0.2) is 0 Å². The molecule has 0 saturated carbocycles. The van der Waals surface area contributed by atoms with Gasteiger partial charge in [0.25, 0.3) is 0 Å².